The van der Waals surface area contributed by atoms with Crippen molar-refractivity contribution < 1.29 is 13.5 Å². The molecule has 2 rings (SSSR count). The van der Waals surface area contributed by atoms with E-state index < -0.39 is 11.8 Å². The van der Waals surface area contributed by atoms with E-state index in [1.807, 2.05) is 0 Å². The number of hydrogen-bond acceptors (Lipinski definition) is 2. The van der Waals surface area contributed by atoms with Gasteiger partial charge < -0.3 is 10.1 Å². The van der Waals surface area contributed by atoms with Crippen molar-refractivity contribution in [2.24, 2.45) is 5.92 Å². The Bertz CT molecular complexity index is 157. The van der Waals surface area contributed by atoms with E-state index in [9.17, 15) is 8.78 Å². The summed E-state index contributed by atoms with van der Waals surface area (Å²) in [5, 5.41) is 3.04. The summed E-state index contributed by atoms with van der Waals surface area (Å²) in [7, 11) is 0. The molecule has 2 unspecified atom stereocenters. The molecular formula is C7H11F2NO. The van der Waals surface area contributed by atoms with Crippen molar-refractivity contribution in [3.63, 3.8) is 0 Å². The molecule has 0 aromatic carbocycles. The molecule has 2 nitrogen and oxygen atoms in total. The first-order valence-electron chi connectivity index (χ1n) is 3.90. The van der Waals surface area contributed by atoms with Crippen LogP contribution in [0.15, 0.2) is 0 Å². The summed E-state index contributed by atoms with van der Waals surface area (Å²) < 4.78 is 30.1. The lowest BCUT2D eigenvalue weighted by molar-refractivity contribution is -0.0183. The van der Waals surface area contributed by atoms with Crippen LogP contribution in [0.3, 0.4) is 0 Å². The SMILES string of the molecule is FC1(F)CC1C1CNCCO1. The van der Waals surface area contributed by atoms with Crippen molar-refractivity contribution in [3.8, 4) is 0 Å². The fourth-order valence-electron chi connectivity index (χ4n) is 1.48. The Morgan fingerprint density at radius 2 is 2.18 bits per heavy atom. The van der Waals surface area contributed by atoms with Crippen molar-refractivity contribution >= 4 is 0 Å². The summed E-state index contributed by atoms with van der Waals surface area (Å²) in [6.45, 7) is 1.94. The smallest absolute Gasteiger partial charge is 0.254 e. The highest BCUT2D eigenvalue weighted by atomic mass is 19.3. The minimum absolute atomic E-state index is 0.0132. The monoisotopic (exact) mass is 163 g/mol. The van der Waals surface area contributed by atoms with Crippen molar-refractivity contribution in [2.45, 2.75) is 18.4 Å². The average Bonchev–Trinajstić information content (AvgIpc) is 2.62. The van der Waals surface area contributed by atoms with Crippen molar-refractivity contribution in [2.75, 3.05) is 19.7 Å². The van der Waals surface area contributed by atoms with Crippen LogP contribution in [0, 0.1) is 5.92 Å². The molecule has 0 spiro atoms. The minimum Gasteiger partial charge on any atom is -0.375 e. The maximum Gasteiger partial charge on any atom is 0.254 e. The van der Waals surface area contributed by atoms with Gasteiger partial charge in [0.05, 0.1) is 18.6 Å². The Hall–Kier alpha value is -0.220. The van der Waals surface area contributed by atoms with Gasteiger partial charge in [0.25, 0.3) is 5.92 Å². The first kappa shape index (κ1) is 7.43. The summed E-state index contributed by atoms with van der Waals surface area (Å²) in [4.78, 5) is 0. The largest absolute Gasteiger partial charge is 0.375 e. The third-order valence-corrected chi connectivity index (χ3v) is 2.28. The van der Waals surface area contributed by atoms with Gasteiger partial charge in [-0.3, -0.25) is 0 Å². The summed E-state index contributed by atoms with van der Waals surface area (Å²) in [5.41, 5.74) is 0. The molecule has 1 N–H and O–H groups in total. The Morgan fingerprint density at radius 3 is 2.64 bits per heavy atom. The number of alkyl halides is 2. The number of halogens is 2. The molecule has 0 aromatic heterocycles. The molecule has 4 heteroatoms. The van der Waals surface area contributed by atoms with Gasteiger partial charge in [0.15, 0.2) is 0 Å². The summed E-state index contributed by atoms with van der Waals surface area (Å²) in [6.07, 6.45) is -0.238. The van der Waals surface area contributed by atoms with Crippen LogP contribution in [0.4, 0.5) is 8.78 Å². The van der Waals surface area contributed by atoms with Gasteiger partial charge in [-0.1, -0.05) is 0 Å². The van der Waals surface area contributed by atoms with Crippen molar-refractivity contribution in [1.29, 1.82) is 0 Å². The van der Waals surface area contributed by atoms with E-state index in [4.69, 9.17) is 4.74 Å². The fourth-order valence-corrected chi connectivity index (χ4v) is 1.48. The maximum atomic E-state index is 12.5. The lowest BCUT2D eigenvalue weighted by Gasteiger charge is -2.23. The molecule has 1 saturated heterocycles. The molecule has 11 heavy (non-hydrogen) atoms. The van der Waals surface area contributed by atoms with E-state index in [1.54, 1.807) is 0 Å². The van der Waals surface area contributed by atoms with Gasteiger partial charge in [-0.25, -0.2) is 8.78 Å². The fraction of sp³-hybridized carbons (Fsp3) is 1.00. The highest BCUT2D eigenvalue weighted by Crippen LogP contribution is 2.51. The lowest BCUT2D eigenvalue weighted by Crippen LogP contribution is -2.40. The predicted octanol–water partition coefficient (Wildman–Crippen LogP) is 0.630. The molecule has 0 amide bonds. The van der Waals surface area contributed by atoms with Gasteiger partial charge in [0, 0.05) is 19.5 Å². The van der Waals surface area contributed by atoms with Crippen LogP contribution < -0.4 is 5.32 Å². The van der Waals surface area contributed by atoms with E-state index in [-0.39, 0.29) is 12.5 Å². The second-order valence-corrected chi connectivity index (χ2v) is 3.19. The Kier molecular flexibility index (Phi) is 1.61. The number of morpholine rings is 1. The molecule has 0 aromatic rings. The van der Waals surface area contributed by atoms with E-state index in [0.29, 0.717) is 13.2 Å². The van der Waals surface area contributed by atoms with Gasteiger partial charge in [0.1, 0.15) is 0 Å². The summed E-state index contributed by atoms with van der Waals surface area (Å²) in [5.74, 6) is -2.96. The Morgan fingerprint density at radius 1 is 1.45 bits per heavy atom. The highest BCUT2D eigenvalue weighted by Gasteiger charge is 2.60. The molecule has 1 saturated carbocycles. The highest BCUT2D eigenvalue weighted by molar-refractivity contribution is 5.01. The van der Waals surface area contributed by atoms with Crippen molar-refractivity contribution in [1.82, 2.24) is 5.32 Å². The number of hydrogen-bond donors (Lipinski definition) is 1. The standard InChI is InChI=1S/C7H11F2NO/c8-7(9)3-5(7)6-4-10-1-2-11-6/h5-6,10H,1-4H2. The van der Waals surface area contributed by atoms with Gasteiger partial charge >= 0.3 is 0 Å². The average molecular weight is 163 g/mol. The molecule has 2 aliphatic rings. The molecule has 64 valence electrons. The molecule has 1 aliphatic carbocycles. The second kappa shape index (κ2) is 2.38. The van der Waals surface area contributed by atoms with E-state index >= 15 is 0 Å². The van der Waals surface area contributed by atoms with Crippen LogP contribution in [0.2, 0.25) is 0 Å². The van der Waals surface area contributed by atoms with Gasteiger partial charge in [-0.2, -0.15) is 0 Å². The number of nitrogens with one attached hydrogen (secondary N) is 1. The first-order valence-corrected chi connectivity index (χ1v) is 3.90. The van der Waals surface area contributed by atoms with Gasteiger partial charge in [-0.15, -0.1) is 0 Å². The van der Waals surface area contributed by atoms with E-state index in [1.165, 1.54) is 0 Å². The summed E-state index contributed by atoms with van der Waals surface area (Å²) >= 11 is 0. The van der Waals surface area contributed by atoms with Gasteiger partial charge in [0.2, 0.25) is 0 Å². The van der Waals surface area contributed by atoms with Crippen LogP contribution in [0.25, 0.3) is 0 Å². The Labute approximate surface area is 63.9 Å². The maximum absolute atomic E-state index is 12.5. The normalized spacial score (nSPS) is 42.0. The van der Waals surface area contributed by atoms with Crippen LogP contribution in [-0.4, -0.2) is 31.7 Å². The molecule has 1 aliphatic heterocycles. The van der Waals surface area contributed by atoms with Crippen LogP contribution >= 0.6 is 0 Å². The molecule has 2 fully saturated rings. The molecule has 1 heterocycles. The molecule has 0 bridgehead atoms. The van der Waals surface area contributed by atoms with E-state index in [0.717, 1.165) is 6.54 Å². The third kappa shape index (κ3) is 1.37. The van der Waals surface area contributed by atoms with Crippen LogP contribution in [0.1, 0.15) is 6.42 Å². The number of ether oxygens (including phenoxy) is 1. The number of rotatable bonds is 1. The Balaban J connectivity index is 1.86. The van der Waals surface area contributed by atoms with Crippen molar-refractivity contribution in [3.05, 3.63) is 0 Å². The topological polar surface area (TPSA) is 21.3 Å². The second-order valence-electron chi connectivity index (χ2n) is 3.19. The predicted molar refractivity (Wildman–Crippen MR) is 35.7 cm³/mol. The quantitative estimate of drug-likeness (QED) is 0.612. The zero-order chi connectivity index (χ0) is 7.90. The lowest BCUT2D eigenvalue weighted by atomic mass is 10.2. The van der Waals surface area contributed by atoms with E-state index in [2.05, 4.69) is 5.32 Å². The minimum atomic E-state index is -2.44. The zero-order valence-corrected chi connectivity index (χ0v) is 6.15. The van der Waals surface area contributed by atoms with Crippen LogP contribution in [0.5, 0.6) is 0 Å². The molecule has 2 atom stereocenters. The third-order valence-electron chi connectivity index (χ3n) is 2.28. The zero-order valence-electron chi connectivity index (χ0n) is 6.15. The molecule has 0 radical (unpaired) electrons. The molecular weight excluding hydrogens is 152 g/mol. The van der Waals surface area contributed by atoms with Crippen LogP contribution in [-0.2, 0) is 4.74 Å². The first-order chi connectivity index (χ1) is 5.20. The van der Waals surface area contributed by atoms with Gasteiger partial charge in [-0.05, 0) is 0 Å². The summed E-state index contributed by atoms with van der Waals surface area (Å²) in [6, 6.07) is 0.